The summed E-state index contributed by atoms with van der Waals surface area (Å²) in [5.74, 6) is 0. The molecule has 3 rings (SSSR count). The van der Waals surface area contributed by atoms with E-state index in [0.717, 1.165) is 36.2 Å². The molecule has 0 fully saturated rings. The molecule has 0 radical (unpaired) electrons. The zero-order valence-corrected chi connectivity index (χ0v) is 11.7. The van der Waals surface area contributed by atoms with Crippen molar-refractivity contribution in [3.05, 3.63) is 64.7 Å². The Kier molecular flexibility index (Phi) is 3.40. The summed E-state index contributed by atoms with van der Waals surface area (Å²) in [5.41, 5.74) is 3.92. The van der Waals surface area contributed by atoms with Crippen molar-refractivity contribution in [2.75, 3.05) is 5.32 Å². The lowest BCUT2D eigenvalue weighted by Gasteiger charge is -2.14. The molecule has 0 spiro atoms. The van der Waals surface area contributed by atoms with Crippen molar-refractivity contribution in [1.29, 1.82) is 0 Å². The van der Waals surface area contributed by atoms with Gasteiger partial charge in [-0.15, -0.1) is 0 Å². The lowest BCUT2D eigenvalue weighted by Crippen LogP contribution is -2.08. The van der Waals surface area contributed by atoms with Gasteiger partial charge in [0.25, 0.3) is 0 Å². The van der Waals surface area contributed by atoms with Crippen molar-refractivity contribution in [2.45, 2.75) is 32.0 Å². The van der Waals surface area contributed by atoms with E-state index in [1.54, 1.807) is 12.1 Å². The highest BCUT2D eigenvalue weighted by Crippen LogP contribution is 2.37. The van der Waals surface area contributed by atoms with E-state index in [1.165, 1.54) is 11.1 Å². The number of halogens is 3. The minimum atomic E-state index is -4.28. The molecule has 1 atom stereocenters. The van der Waals surface area contributed by atoms with Crippen LogP contribution >= 0.6 is 0 Å². The van der Waals surface area contributed by atoms with Gasteiger partial charge in [0.1, 0.15) is 0 Å². The maximum atomic E-state index is 12.6. The molecule has 1 nitrogen and oxygen atoms in total. The monoisotopic (exact) mass is 291 g/mol. The summed E-state index contributed by atoms with van der Waals surface area (Å²) in [6, 6.07) is 11.7. The molecule has 2 aromatic rings. The second-order valence-corrected chi connectivity index (χ2v) is 5.33. The van der Waals surface area contributed by atoms with E-state index in [0.29, 0.717) is 0 Å². The van der Waals surface area contributed by atoms with Crippen LogP contribution in [0.2, 0.25) is 0 Å². The zero-order chi connectivity index (χ0) is 15.0. The minimum Gasteiger partial charge on any atom is -0.377 e. The standard InChI is InChI=1S/C17H16F3N/c1-2-11-4-3-5-13-10-15(21-16(11)13)12-6-8-14(9-7-12)17(18,19)20/h3-9,15,21H,2,10H2,1H3. The van der Waals surface area contributed by atoms with Crippen molar-refractivity contribution in [2.24, 2.45) is 0 Å². The predicted molar refractivity (Wildman–Crippen MR) is 77.3 cm³/mol. The Hall–Kier alpha value is -1.97. The molecule has 0 aromatic heterocycles. The van der Waals surface area contributed by atoms with Crippen molar-refractivity contribution >= 4 is 5.69 Å². The average molecular weight is 291 g/mol. The normalized spacial score (nSPS) is 17.4. The highest BCUT2D eigenvalue weighted by Gasteiger charge is 2.31. The number of hydrogen-bond donors (Lipinski definition) is 1. The number of fused-ring (bicyclic) bond motifs is 1. The maximum absolute atomic E-state index is 12.6. The summed E-state index contributed by atoms with van der Waals surface area (Å²) in [5, 5.41) is 3.45. The van der Waals surface area contributed by atoms with E-state index in [1.807, 2.05) is 6.07 Å². The molecule has 0 bridgehead atoms. The van der Waals surface area contributed by atoms with E-state index in [2.05, 4.69) is 24.4 Å². The quantitative estimate of drug-likeness (QED) is 0.823. The van der Waals surface area contributed by atoms with E-state index >= 15 is 0 Å². The van der Waals surface area contributed by atoms with Crippen molar-refractivity contribution in [1.82, 2.24) is 0 Å². The summed E-state index contributed by atoms with van der Waals surface area (Å²) in [6.45, 7) is 2.10. The molecule has 0 amide bonds. The number of rotatable bonds is 2. The van der Waals surface area contributed by atoms with Crippen LogP contribution in [-0.2, 0) is 19.0 Å². The van der Waals surface area contributed by atoms with Gasteiger partial charge in [0.05, 0.1) is 11.6 Å². The average Bonchev–Trinajstić information content (AvgIpc) is 2.90. The molecule has 21 heavy (non-hydrogen) atoms. The van der Waals surface area contributed by atoms with Gasteiger partial charge in [-0.1, -0.05) is 37.3 Å². The largest absolute Gasteiger partial charge is 0.416 e. The van der Waals surface area contributed by atoms with Crippen molar-refractivity contribution in [3.8, 4) is 0 Å². The summed E-state index contributed by atoms with van der Waals surface area (Å²) in [7, 11) is 0. The predicted octanol–water partition coefficient (Wildman–Crippen LogP) is 4.98. The van der Waals surface area contributed by atoms with Gasteiger partial charge in [0.15, 0.2) is 0 Å². The first-order valence-corrected chi connectivity index (χ1v) is 7.03. The van der Waals surface area contributed by atoms with Crippen LogP contribution in [0.3, 0.4) is 0 Å². The van der Waals surface area contributed by atoms with E-state index in [-0.39, 0.29) is 6.04 Å². The first kappa shape index (κ1) is 14.0. The highest BCUT2D eigenvalue weighted by molar-refractivity contribution is 5.63. The van der Waals surface area contributed by atoms with Crippen LogP contribution in [-0.4, -0.2) is 0 Å². The van der Waals surface area contributed by atoms with Crippen LogP contribution < -0.4 is 5.32 Å². The molecule has 4 heteroatoms. The van der Waals surface area contributed by atoms with Crippen LogP contribution in [0.25, 0.3) is 0 Å². The minimum absolute atomic E-state index is 0.0509. The van der Waals surface area contributed by atoms with Gasteiger partial charge in [0, 0.05) is 5.69 Å². The Labute approximate surface area is 121 Å². The fourth-order valence-electron chi connectivity index (χ4n) is 2.85. The zero-order valence-electron chi connectivity index (χ0n) is 11.7. The number of aryl methyl sites for hydroxylation is 1. The molecule has 2 aromatic carbocycles. The molecular weight excluding hydrogens is 275 g/mol. The Morgan fingerprint density at radius 1 is 1.10 bits per heavy atom. The Morgan fingerprint density at radius 2 is 1.81 bits per heavy atom. The molecule has 0 saturated heterocycles. The fourth-order valence-corrected chi connectivity index (χ4v) is 2.85. The third-order valence-electron chi connectivity index (χ3n) is 4.00. The van der Waals surface area contributed by atoms with Crippen LogP contribution in [0.15, 0.2) is 42.5 Å². The lowest BCUT2D eigenvalue weighted by molar-refractivity contribution is -0.137. The van der Waals surface area contributed by atoms with Gasteiger partial charge in [-0.3, -0.25) is 0 Å². The third-order valence-corrected chi connectivity index (χ3v) is 4.00. The van der Waals surface area contributed by atoms with E-state index < -0.39 is 11.7 Å². The number of hydrogen-bond acceptors (Lipinski definition) is 1. The number of alkyl halides is 3. The molecule has 1 aliphatic heterocycles. The van der Waals surface area contributed by atoms with Gasteiger partial charge in [-0.05, 0) is 41.7 Å². The molecule has 1 aliphatic rings. The lowest BCUT2D eigenvalue weighted by atomic mass is 10.0. The van der Waals surface area contributed by atoms with Crippen LogP contribution in [0, 0.1) is 0 Å². The topological polar surface area (TPSA) is 12.0 Å². The van der Waals surface area contributed by atoms with Gasteiger partial charge < -0.3 is 5.32 Å². The van der Waals surface area contributed by atoms with Gasteiger partial charge >= 0.3 is 6.18 Å². The number of para-hydroxylation sites is 1. The first-order valence-electron chi connectivity index (χ1n) is 7.03. The van der Waals surface area contributed by atoms with E-state index in [9.17, 15) is 13.2 Å². The summed E-state index contributed by atoms with van der Waals surface area (Å²) < 4.78 is 37.8. The second-order valence-electron chi connectivity index (χ2n) is 5.33. The number of anilines is 1. The maximum Gasteiger partial charge on any atom is 0.416 e. The van der Waals surface area contributed by atoms with Crippen molar-refractivity contribution < 1.29 is 13.2 Å². The van der Waals surface area contributed by atoms with Crippen LogP contribution in [0.4, 0.5) is 18.9 Å². The van der Waals surface area contributed by atoms with Gasteiger partial charge in [-0.25, -0.2) is 0 Å². The number of benzene rings is 2. The molecule has 110 valence electrons. The van der Waals surface area contributed by atoms with Crippen molar-refractivity contribution in [3.63, 3.8) is 0 Å². The fraction of sp³-hybridized carbons (Fsp3) is 0.294. The van der Waals surface area contributed by atoms with Crippen LogP contribution in [0.1, 0.15) is 35.2 Å². The summed E-state index contributed by atoms with van der Waals surface area (Å²) in [6.07, 6.45) is -2.52. The summed E-state index contributed by atoms with van der Waals surface area (Å²) >= 11 is 0. The Balaban J connectivity index is 1.84. The molecule has 1 heterocycles. The molecule has 0 aliphatic carbocycles. The highest BCUT2D eigenvalue weighted by atomic mass is 19.4. The molecule has 1 unspecified atom stereocenters. The van der Waals surface area contributed by atoms with E-state index in [4.69, 9.17) is 0 Å². The molecular formula is C17H16F3N. The van der Waals surface area contributed by atoms with Gasteiger partial charge in [-0.2, -0.15) is 13.2 Å². The Bertz CT molecular complexity index is 644. The van der Waals surface area contributed by atoms with Crippen LogP contribution in [0.5, 0.6) is 0 Å². The first-order chi connectivity index (χ1) is 9.99. The molecule has 1 N–H and O–H groups in total. The summed E-state index contributed by atoms with van der Waals surface area (Å²) in [4.78, 5) is 0. The van der Waals surface area contributed by atoms with Gasteiger partial charge in [0.2, 0.25) is 0 Å². The third kappa shape index (κ3) is 2.62. The Morgan fingerprint density at radius 3 is 2.43 bits per heavy atom. The smallest absolute Gasteiger partial charge is 0.377 e. The molecule has 0 saturated carbocycles. The SMILES string of the molecule is CCc1cccc2c1NC(c1ccc(C(F)(F)F)cc1)C2. The second kappa shape index (κ2) is 5.10. The number of nitrogens with one attached hydrogen (secondary N) is 1.